The molecule has 0 atom stereocenters. The van der Waals surface area contributed by atoms with E-state index in [2.05, 4.69) is 14.9 Å². The monoisotopic (exact) mass is 329 g/mol. The van der Waals surface area contributed by atoms with Gasteiger partial charge in [-0.05, 0) is 17.2 Å². The summed E-state index contributed by atoms with van der Waals surface area (Å²) in [6, 6.07) is 9.00. The molecule has 114 valence electrons. The first-order chi connectivity index (χ1) is 9.75. The maximum Gasteiger partial charge on any atom is 0.226 e. The first-order valence-corrected chi connectivity index (χ1v) is 9.70. The molecule has 2 rings (SSSR count). The maximum absolute atomic E-state index is 11.6. The van der Waals surface area contributed by atoms with Gasteiger partial charge in [-0.15, -0.1) is 0 Å². The van der Waals surface area contributed by atoms with Crippen molar-refractivity contribution in [3.8, 4) is 11.3 Å². The Morgan fingerprint density at radius 2 is 1.76 bits per heavy atom. The van der Waals surface area contributed by atoms with Gasteiger partial charge in [-0.3, -0.25) is 5.10 Å². The smallest absolute Gasteiger partial charge is 0.226 e. The third-order valence-electron chi connectivity index (χ3n) is 2.63. The zero-order chi connectivity index (χ0) is 15.5. The number of aromatic amines is 1. The summed E-state index contributed by atoms with van der Waals surface area (Å²) in [6.45, 7) is 0.0428. The maximum atomic E-state index is 11.6. The summed E-state index contributed by atoms with van der Waals surface area (Å²) in [5, 5.41) is 5.77. The minimum atomic E-state index is -3.84. The van der Waals surface area contributed by atoms with Gasteiger partial charge in [0, 0.05) is 19.0 Å². The van der Waals surface area contributed by atoms with E-state index in [1.54, 1.807) is 18.3 Å². The van der Waals surface area contributed by atoms with Crippen molar-refractivity contribution in [2.45, 2.75) is 6.54 Å². The van der Waals surface area contributed by atoms with Crippen LogP contribution in [-0.2, 0) is 26.4 Å². The Morgan fingerprint density at radius 1 is 1.10 bits per heavy atom. The molecule has 0 amide bonds. The number of H-pyrrole nitrogens is 1. The number of hydrogen-bond donors (Lipinski definition) is 2. The summed E-state index contributed by atoms with van der Waals surface area (Å²) in [5.41, 5.74) is 2.52. The van der Waals surface area contributed by atoms with Gasteiger partial charge in [-0.25, -0.2) is 21.6 Å². The Labute approximate surface area is 123 Å². The van der Waals surface area contributed by atoms with E-state index in [1.807, 2.05) is 18.2 Å². The fourth-order valence-electron chi connectivity index (χ4n) is 1.74. The Balaban J connectivity index is 2.01. The highest BCUT2D eigenvalue weighted by Crippen LogP contribution is 2.16. The van der Waals surface area contributed by atoms with Gasteiger partial charge in [0.25, 0.3) is 0 Å². The third kappa shape index (κ3) is 4.96. The lowest BCUT2D eigenvalue weighted by Gasteiger charge is -2.06. The van der Waals surface area contributed by atoms with Crippen LogP contribution in [-0.4, -0.2) is 38.4 Å². The molecule has 21 heavy (non-hydrogen) atoms. The second-order valence-corrected chi connectivity index (χ2v) is 8.96. The van der Waals surface area contributed by atoms with Gasteiger partial charge in [-0.1, -0.05) is 24.3 Å². The van der Waals surface area contributed by atoms with Crippen molar-refractivity contribution in [1.29, 1.82) is 0 Å². The topological polar surface area (TPSA) is 109 Å². The molecule has 0 bridgehead atoms. The van der Waals surface area contributed by atoms with E-state index < -0.39 is 24.9 Å². The number of sulfonamides is 1. The molecule has 0 radical (unpaired) electrons. The molecule has 0 fully saturated rings. The van der Waals surface area contributed by atoms with Gasteiger partial charge in [0.2, 0.25) is 10.0 Å². The van der Waals surface area contributed by atoms with Crippen molar-refractivity contribution in [2.24, 2.45) is 0 Å². The molecule has 1 aromatic heterocycles. The summed E-state index contributed by atoms with van der Waals surface area (Å²) in [7, 11) is -7.43. The number of hydrogen-bond acceptors (Lipinski definition) is 5. The third-order valence-corrected chi connectivity index (χ3v) is 6.17. The molecule has 1 aromatic carbocycles. The van der Waals surface area contributed by atoms with E-state index in [-0.39, 0.29) is 6.54 Å². The summed E-state index contributed by atoms with van der Waals surface area (Å²) in [5.74, 6) is 0. The lowest BCUT2D eigenvalue weighted by molar-refractivity contribution is 0.580. The Morgan fingerprint density at radius 3 is 2.29 bits per heavy atom. The number of rotatable bonds is 6. The molecule has 7 nitrogen and oxygen atoms in total. The lowest BCUT2D eigenvalue weighted by atomic mass is 10.1. The number of sulfone groups is 1. The van der Waals surface area contributed by atoms with Crippen LogP contribution in [0.2, 0.25) is 0 Å². The fourth-order valence-corrected chi connectivity index (χ4v) is 4.71. The van der Waals surface area contributed by atoms with Crippen molar-refractivity contribution in [1.82, 2.24) is 14.9 Å². The second kappa shape index (κ2) is 5.96. The first-order valence-electron chi connectivity index (χ1n) is 5.99. The highest BCUT2D eigenvalue weighted by molar-refractivity contribution is 8.06. The molecule has 0 aliphatic rings. The van der Waals surface area contributed by atoms with Crippen molar-refractivity contribution in [3.63, 3.8) is 0 Å². The van der Waals surface area contributed by atoms with Gasteiger partial charge in [-0.2, -0.15) is 5.10 Å². The molecule has 0 unspecified atom stereocenters. The van der Waals surface area contributed by atoms with Crippen LogP contribution in [0, 0.1) is 0 Å². The summed E-state index contributed by atoms with van der Waals surface area (Å²) in [4.78, 5) is 0. The van der Waals surface area contributed by atoms with Gasteiger partial charge in [0.05, 0.1) is 5.69 Å². The van der Waals surface area contributed by atoms with Crippen molar-refractivity contribution in [2.75, 3.05) is 11.3 Å². The summed E-state index contributed by atoms with van der Waals surface area (Å²) in [6.07, 6.45) is 2.52. The predicted molar refractivity (Wildman–Crippen MR) is 79.5 cm³/mol. The Kier molecular flexibility index (Phi) is 4.45. The van der Waals surface area contributed by atoms with Gasteiger partial charge in [0.1, 0.15) is 0 Å². The van der Waals surface area contributed by atoms with Gasteiger partial charge in [0.15, 0.2) is 14.9 Å². The molecule has 0 spiro atoms. The Hall–Kier alpha value is -1.71. The van der Waals surface area contributed by atoms with E-state index in [9.17, 15) is 16.8 Å². The first kappa shape index (κ1) is 15.7. The number of aromatic nitrogens is 2. The van der Waals surface area contributed by atoms with Crippen molar-refractivity contribution >= 4 is 19.9 Å². The van der Waals surface area contributed by atoms with Crippen LogP contribution < -0.4 is 4.72 Å². The number of benzene rings is 1. The van der Waals surface area contributed by atoms with Crippen molar-refractivity contribution < 1.29 is 16.8 Å². The summed E-state index contributed by atoms with van der Waals surface area (Å²) >= 11 is 0. The molecule has 2 N–H and O–H groups in total. The lowest BCUT2D eigenvalue weighted by Crippen LogP contribution is -2.29. The molecule has 0 saturated carbocycles. The van der Waals surface area contributed by atoms with E-state index >= 15 is 0 Å². The normalized spacial score (nSPS) is 12.4. The minimum Gasteiger partial charge on any atom is -0.278 e. The van der Waals surface area contributed by atoms with Crippen LogP contribution in [0.4, 0.5) is 0 Å². The van der Waals surface area contributed by atoms with Crippen LogP contribution in [0.25, 0.3) is 11.3 Å². The van der Waals surface area contributed by atoms with E-state index in [4.69, 9.17) is 0 Å². The summed E-state index contributed by atoms with van der Waals surface area (Å²) < 4.78 is 47.4. The second-order valence-electron chi connectivity index (χ2n) is 4.65. The molecular formula is C12H15N3O4S2. The number of nitrogens with zero attached hydrogens (tertiary/aromatic N) is 1. The van der Waals surface area contributed by atoms with Gasteiger partial charge >= 0.3 is 0 Å². The standard InChI is InChI=1S/C12H15N3O4S2/c1-20(16,17)9-21(18,19)14-8-10-2-4-11(5-3-10)12-6-7-13-15-12/h2-7,14H,8-9H2,1H3,(H,13,15). The minimum absolute atomic E-state index is 0.0428. The van der Waals surface area contributed by atoms with E-state index in [0.717, 1.165) is 23.1 Å². The molecule has 9 heteroatoms. The molecule has 0 saturated heterocycles. The molecule has 1 heterocycles. The fraction of sp³-hybridized carbons (Fsp3) is 0.250. The molecule has 2 aromatic rings. The number of nitrogens with one attached hydrogen (secondary N) is 2. The average molecular weight is 329 g/mol. The highest BCUT2D eigenvalue weighted by atomic mass is 32.3. The molecular weight excluding hydrogens is 314 g/mol. The average Bonchev–Trinajstić information content (AvgIpc) is 2.88. The SMILES string of the molecule is CS(=O)(=O)CS(=O)(=O)NCc1ccc(-c2ccn[nH]2)cc1. The van der Waals surface area contributed by atoms with Crippen LogP contribution in [0.1, 0.15) is 5.56 Å². The Bertz CT molecular complexity index is 795. The van der Waals surface area contributed by atoms with Gasteiger partial charge < -0.3 is 0 Å². The predicted octanol–water partition coefficient (Wildman–Crippen LogP) is 0.498. The highest BCUT2D eigenvalue weighted by Gasteiger charge is 2.17. The van der Waals surface area contributed by atoms with Crippen LogP contribution in [0.3, 0.4) is 0 Å². The van der Waals surface area contributed by atoms with Crippen molar-refractivity contribution in [3.05, 3.63) is 42.1 Å². The zero-order valence-corrected chi connectivity index (χ0v) is 12.9. The molecule has 0 aliphatic carbocycles. The van der Waals surface area contributed by atoms with E-state index in [1.165, 1.54) is 0 Å². The molecule has 0 aliphatic heterocycles. The quantitative estimate of drug-likeness (QED) is 0.802. The largest absolute Gasteiger partial charge is 0.278 e. The van der Waals surface area contributed by atoms with Crippen LogP contribution in [0.15, 0.2) is 36.5 Å². The van der Waals surface area contributed by atoms with E-state index in [0.29, 0.717) is 0 Å². The van der Waals surface area contributed by atoms with Crippen LogP contribution in [0.5, 0.6) is 0 Å². The van der Waals surface area contributed by atoms with Crippen LogP contribution >= 0.6 is 0 Å². The zero-order valence-electron chi connectivity index (χ0n) is 11.3.